The molecular weight excluding hydrogens is 440 g/mol. The highest BCUT2D eigenvalue weighted by molar-refractivity contribution is 7.92. The number of aryl methyl sites for hydroxylation is 2. The van der Waals surface area contributed by atoms with Crippen molar-refractivity contribution < 1.29 is 22.7 Å². The number of carbonyl (C=O) groups is 1. The second-order valence-electron chi connectivity index (χ2n) is 7.28. The summed E-state index contributed by atoms with van der Waals surface area (Å²) in [5.41, 5.74) is 2.66. The standard InChI is InChI=1S/C22H29ClN2O5S/c1-16-12-17(2)14-19(13-16)30-11-9-24-22(26)6-5-10-25(31(4,27)28)18-7-8-21(29-3)20(23)15-18/h7-8,12-15H,5-6,9-11H2,1-4H3,(H,24,26). The van der Waals surface area contributed by atoms with Gasteiger partial charge >= 0.3 is 0 Å². The molecule has 0 aliphatic rings. The second kappa shape index (κ2) is 11.2. The Balaban J connectivity index is 1.81. The van der Waals surface area contributed by atoms with Gasteiger partial charge in [-0.3, -0.25) is 9.10 Å². The molecule has 0 atom stereocenters. The summed E-state index contributed by atoms with van der Waals surface area (Å²) in [5, 5.41) is 3.10. The van der Waals surface area contributed by atoms with Gasteiger partial charge in [-0.15, -0.1) is 0 Å². The molecule has 170 valence electrons. The molecule has 2 aromatic carbocycles. The van der Waals surface area contributed by atoms with Crippen LogP contribution in [0.3, 0.4) is 0 Å². The van der Waals surface area contributed by atoms with E-state index >= 15 is 0 Å². The first kappa shape index (κ1) is 24.8. The Bertz CT molecular complexity index is 991. The Morgan fingerprint density at radius 3 is 2.39 bits per heavy atom. The SMILES string of the molecule is COc1ccc(N(CCCC(=O)NCCOc2cc(C)cc(C)c2)S(C)(=O)=O)cc1Cl. The van der Waals surface area contributed by atoms with Crippen LogP contribution in [-0.2, 0) is 14.8 Å². The van der Waals surface area contributed by atoms with Gasteiger partial charge in [0.1, 0.15) is 18.1 Å². The van der Waals surface area contributed by atoms with Crippen molar-refractivity contribution in [2.24, 2.45) is 0 Å². The Labute approximate surface area is 189 Å². The summed E-state index contributed by atoms with van der Waals surface area (Å²) in [6.45, 7) is 4.89. The highest BCUT2D eigenvalue weighted by atomic mass is 35.5. The van der Waals surface area contributed by atoms with Gasteiger partial charge in [-0.1, -0.05) is 17.7 Å². The summed E-state index contributed by atoms with van der Waals surface area (Å²) in [4.78, 5) is 12.1. The lowest BCUT2D eigenvalue weighted by molar-refractivity contribution is -0.121. The van der Waals surface area contributed by atoms with E-state index in [1.807, 2.05) is 26.0 Å². The minimum absolute atomic E-state index is 0.161. The molecule has 31 heavy (non-hydrogen) atoms. The summed E-state index contributed by atoms with van der Waals surface area (Å²) in [7, 11) is -2.04. The minimum Gasteiger partial charge on any atom is -0.495 e. The van der Waals surface area contributed by atoms with Crippen molar-refractivity contribution >= 4 is 33.2 Å². The zero-order valence-corrected chi connectivity index (χ0v) is 19.8. The number of anilines is 1. The van der Waals surface area contributed by atoms with Crippen LogP contribution in [0.2, 0.25) is 5.02 Å². The predicted octanol–water partition coefficient (Wildman–Crippen LogP) is 3.71. The van der Waals surface area contributed by atoms with Gasteiger partial charge in [0.15, 0.2) is 0 Å². The molecule has 0 spiro atoms. The van der Waals surface area contributed by atoms with Crippen LogP contribution in [0, 0.1) is 13.8 Å². The third-order valence-electron chi connectivity index (χ3n) is 4.48. The normalized spacial score (nSPS) is 11.1. The smallest absolute Gasteiger partial charge is 0.232 e. The molecule has 1 N–H and O–H groups in total. The summed E-state index contributed by atoms with van der Waals surface area (Å²) >= 11 is 6.12. The number of nitrogens with one attached hydrogen (secondary N) is 1. The Morgan fingerprint density at radius 2 is 1.81 bits per heavy atom. The molecule has 0 heterocycles. The highest BCUT2D eigenvalue weighted by Crippen LogP contribution is 2.30. The molecule has 2 rings (SSSR count). The van der Waals surface area contributed by atoms with E-state index in [4.69, 9.17) is 21.1 Å². The number of hydrogen-bond donors (Lipinski definition) is 1. The van der Waals surface area contributed by atoms with E-state index in [0.717, 1.165) is 23.1 Å². The van der Waals surface area contributed by atoms with E-state index in [0.29, 0.717) is 36.0 Å². The molecule has 2 aromatic rings. The fourth-order valence-corrected chi connectivity index (χ4v) is 4.35. The van der Waals surface area contributed by atoms with Gasteiger partial charge in [-0.2, -0.15) is 0 Å². The Hall–Kier alpha value is -2.45. The number of benzene rings is 2. The van der Waals surface area contributed by atoms with Crippen LogP contribution in [0.25, 0.3) is 0 Å². The van der Waals surface area contributed by atoms with Crippen LogP contribution < -0.4 is 19.1 Å². The molecule has 0 aromatic heterocycles. The van der Waals surface area contributed by atoms with Gasteiger partial charge in [0.2, 0.25) is 15.9 Å². The molecule has 0 saturated heterocycles. The van der Waals surface area contributed by atoms with Gasteiger partial charge < -0.3 is 14.8 Å². The number of rotatable bonds is 11. The largest absolute Gasteiger partial charge is 0.495 e. The third kappa shape index (κ3) is 7.95. The molecule has 0 bridgehead atoms. The first-order chi connectivity index (χ1) is 14.6. The van der Waals surface area contributed by atoms with Gasteiger partial charge in [-0.25, -0.2) is 8.42 Å². The second-order valence-corrected chi connectivity index (χ2v) is 9.59. The summed E-state index contributed by atoms with van der Waals surface area (Å²) < 4.78 is 36.4. The van der Waals surface area contributed by atoms with E-state index in [1.54, 1.807) is 12.1 Å². The Kier molecular flexibility index (Phi) is 9.00. The van der Waals surface area contributed by atoms with Crippen molar-refractivity contribution in [1.29, 1.82) is 0 Å². The zero-order valence-electron chi connectivity index (χ0n) is 18.3. The molecule has 0 unspecified atom stereocenters. The summed E-state index contributed by atoms with van der Waals surface area (Å²) in [6.07, 6.45) is 1.68. The van der Waals surface area contributed by atoms with Crippen molar-refractivity contribution in [3.05, 3.63) is 52.5 Å². The number of carbonyl (C=O) groups excluding carboxylic acids is 1. The highest BCUT2D eigenvalue weighted by Gasteiger charge is 2.19. The molecule has 0 aliphatic carbocycles. The average Bonchev–Trinajstić information content (AvgIpc) is 2.67. The van der Waals surface area contributed by atoms with E-state index in [9.17, 15) is 13.2 Å². The molecule has 0 fully saturated rings. The maximum Gasteiger partial charge on any atom is 0.232 e. The third-order valence-corrected chi connectivity index (χ3v) is 5.97. The maximum absolute atomic E-state index is 12.2. The van der Waals surface area contributed by atoms with Crippen LogP contribution in [0.4, 0.5) is 5.69 Å². The molecule has 1 amide bonds. The molecular formula is C22H29ClN2O5S. The van der Waals surface area contributed by atoms with Gasteiger partial charge in [-0.05, 0) is 61.7 Å². The average molecular weight is 469 g/mol. The van der Waals surface area contributed by atoms with Gasteiger partial charge in [0.05, 0.1) is 30.6 Å². The van der Waals surface area contributed by atoms with Crippen molar-refractivity contribution in [3.63, 3.8) is 0 Å². The number of amides is 1. The van der Waals surface area contributed by atoms with E-state index in [1.165, 1.54) is 17.5 Å². The minimum atomic E-state index is -3.53. The van der Waals surface area contributed by atoms with Crippen molar-refractivity contribution in [1.82, 2.24) is 5.32 Å². The molecule has 7 nitrogen and oxygen atoms in total. The van der Waals surface area contributed by atoms with Crippen molar-refractivity contribution in [2.75, 3.05) is 37.4 Å². The van der Waals surface area contributed by atoms with E-state index < -0.39 is 10.0 Å². The van der Waals surface area contributed by atoms with E-state index in [2.05, 4.69) is 11.4 Å². The number of halogens is 1. The van der Waals surface area contributed by atoms with Crippen molar-refractivity contribution in [2.45, 2.75) is 26.7 Å². The summed E-state index contributed by atoms with van der Waals surface area (Å²) in [6, 6.07) is 10.7. The first-order valence-corrected chi connectivity index (χ1v) is 12.1. The van der Waals surface area contributed by atoms with Crippen LogP contribution in [0.5, 0.6) is 11.5 Å². The zero-order chi connectivity index (χ0) is 23.0. The fourth-order valence-electron chi connectivity index (χ4n) is 3.14. The van der Waals surface area contributed by atoms with Gasteiger partial charge in [0, 0.05) is 13.0 Å². The quantitative estimate of drug-likeness (QED) is 0.508. The van der Waals surface area contributed by atoms with Crippen LogP contribution >= 0.6 is 11.6 Å². The number of nitrogens with zero attached hydrogens (tertiary/aromatic N) is 1. The van der Waals surface area contributed by atoms with Crippen molar-refractivity contribution in [3.8, 4) is 11.5 Å². The topological polar surface area (TPSA) is 84.9 Å². The molecule has 0 radical (unpaired) electrons. The number of ether oxygens (including phenoxy) is 2. The molecule has 0 aliphatic heterocycles. The fraction of sp³-hybridized carbons (Fsp3) is 0.409. The number of hydrogen-bond acceptors (Lipinski definition) is 5. The first-order valence-electron chi connectivity index (χ1n) is 9.89. The van der Waals surface area contributed by atoms with E-state index in [-0.39, 0.29) is 18.9 Å². The van der Waals surface area contributed by atoms with Crippen LogP contribution in [0.1, 0.15) is 24.0 Å². The molecule has 0 saturated carbocycles. The van der Waals surface area contributed by atoms with Gasteiger partial charge in [0.25, 0.3) is 0 Å². The van der Waals surface area contributed by atoms with Crippen LogP contribution in [-0.4, -0.2) is 47.4 Å². The molecule has 9 heteroatoms. The monoisotopic (exact) mass is 468 g/mol. The lowest BCUT2D eigenvalue weighted by Crippen LogP contribution is -2.33. The lowest BCUT2D eigenvalue weighted by Gasteiger charge is -2.23. The van der Waals surface area contributed by atoms with Crippen LogP contribution in [0.15, 0.2) is 36.4 Å². The lowest BCUT2D eigenvalue weighted by atomic mass is 10.1. The maximum atomic E-state index is 12.2. The Morgan fingerprint density at radius 1 is 1.13 bits per heavy atom. The predicted molar refractivity (Wildman–Crippen MR) is 124 cm³/mol. The summed E-state index contributed by atoms with van der Waals surface area (Å²) in [5.74, 6) is 1.07. The number of methoxy groups -OCH3 is 1. The number of sulfonamides is 1.